The zero-order valence-electron chi connectivity index (χ0n) is 16.4. The minimum Gasteiger partial charge on any atom is -0.493 e. The van der Waals surface area contributed by atoms with Crippen molar-refractivity contribution >= 4 is 24.8 Å². The molecular formula is C19H34Cl2N2O3. The van der Waals surface area contributed by atoms with Gasteiger partial charge in [0.05, 0.1) is 21.3 Å². The van der Waals surface area contributed by atoms with Gasteiger partial charge in [-0.1, -0.05) is 26.2 Å². The van der Waals surface area contributed by atoms with Crippen molar-refractivity contribution in [1.29, 1.82) is 0 Å². The number of hydrogen-bond acceptors (Lipinski definition) is 5. The standard InChI is InChI=1S/C19H32N2O3.2ClH/c1-5-6-7-8-16(21-13-11-20-12-14-21)15-9-10-17(22-2)19(24-4)18(15)23-3;;/h9-10,16,20H,5-8,11-14H2,1-4H3;2*1H/t16-;;/m1../s1. The number of nitrogens with one attached hydrogen (secondary N) is 1. The van der Waals surface area contributed by atoms with Crippen LogP contribution in [0, 0.1) is 0 Å². The molecule has 1 aliphatic rings. The Morgan fingerprint density at radius 3 is 2.15 bits per heavy atom. The van der Waals surface area contributed by atoms with Gasteiger partial charge in [0.2, 0.25) is 5.75 Å². The summed E-state index contributed by atoms with van der Waals surface area (Å²) in [6.45, 7) is 6.46. The van der Waals surface area contributed by atoms with Gasteiger partial charge in [0.1, 0.15) is 0 Å². The average molecular weight is 409 g/mol. The lowest BCUT2D eigenvalue weighted by Gasteiger charge is -2.36. The normalized spacial score (nSPS) is 15.4. The van der Waals surface area contributed by atoms with E-state index in [0.29, 0.717) is 17.5 Å². The van der Waals surface area contributed by atoms with Crippen LogP contribution in [-0.4, -0.2) is 52.4 Å². The maximum absolute atomic E-state index is 5.74. The molecule has 0 spiro atoms. The molecule has 152 valence electrons. The van der Waals surface area contributed by atoms with Gasteiger partial charge in [0.25, 0.3) is 0 Å². The second-order valence-corrected chi connectivity index (χ2v) is 6.22. The van der Waals surface area contributed by atoms with Crippen molar-refractivity contribution in [2.24, 2.45) is 0 Å². The molecule has 0 aromatic heterocycles. The van der Waals surface area contributed by atoms with E-state index in [0.717, 1.165) is 38.3 Å². The molecule has 26 heavy (non-hydrogen) atoms. The predicted molar refractivity (Wildman–Crippen MR) is 112 cm³/mol. The quantitative estimate of drug-likeness (QED) is 0.623. The highest BCUT2D eigenvalue weighted by Crippen LogP contribution is 2.44. The first kappa shape index (κ1) is 25.1. The van der Waals surface area contributed by atoms with Gasteiger partial charge in [-0.15, -0.1) is 24.8 Å². The van der Waals surface area contributed by atoms with Gasteiger partial charge in [-0.2, -0.15) is 0 Å². The molecule has 0 saturated carbocycles. The van der Waals surface area contributed by atoms with Crippen LogP contribution in [0.5, 0.6) is 17.2 Å². The molecule has 1 saturated heterocycles. The van der Waals surface area contributed by atoms with Crippen molar-refractivity contribution in [3.63, 3.8) is 0 Å². The van der Waals surface area contributed by atoms with E-state index in [9.17, 15) is 0 Å². The summed E-state index contributed by atoms with van der Waals surface area (Å²) in [5.74, 6) is 2.20. The summed E-state index contributed by atoms with van der Waals surface area (Å²) in [6.07, 6.45) is 4.86. The lowest BCUT2D eigenvalue weighted by molar-refractivity contribution is 0.159. The molecule has 1 aliphatic heterocycles. The molecule has 2 rings (SSSR count). The predicted octanol–water partition coefficient (Wildman–Crippen LogP) is 4.08. The molecule has 7 heteroatoms. The average Bonchev–Trinajstić information content (AvgIpc) is 2.64. The van der Waals surface area contributed by atoms with Crippen LogP contribution in [-0.2, 0) is 0 Å². The topological polar surface area (TPSA) is 43.0 Å². The van der Waals surface area contributed by atoms with Gasteiger partial charge in [0, 0.05) is 37.8 Å². The lowest BCUT2D eigenvalue weighted by atomic mass is 9.96. The van der Waals surface area contributed by atoms with Crippen molar-refractivity contribution in [3.05, 3.63) is 17.7 Å². The third-order valence-electron chi connectivity index (χ3n) is 4.77. The van der Waals surface area contributed by atoms with Gasteiger partial charge >= 0.3 is 0 Å². The van der Waals surface area contributed by atoms with Crippen molar-refractivity contribution in [2.45, 2.75) is 38.6 Å². The molecule has 1 heterocycles. The van der Waals surface area contributed by atoms with Gasteiger partial charge in [-0.25, -0.2) is 0 Å². The van der Waals surface area contributed by atoms with Gasteiger partial charge < -0.3 is 19.5 Å². The summed E-state index contributed by atoms with van der Waals surface area (Å²) in [6, 6.07) is 4.48. The molecule has 0 unspecified atom stereocenters. The highest BCUT2D eigenvalue weighted by molar-refractivity contribution is 5.85. The summed E-state index contributed by atoms with van der Waals surface area (Å²) >= 11 is 0. The molecule has 0 radical (unpaired) electrons. The van der Waals surface area contributed by atoms with Crippen LogP contribution in [0.3, 0.4) is 0 Å². The van der Waals surface area contributed by atoms with Crippen LogP contribution in [0.2, 0.25) is 0 Å². The van der Waals surface area contributed by atoms with Crippen LogP contribution in [0.15, 0.2) is 12.1 Å². The number of methoxy groups -OCH3 is 3. The maximum atomic E-state index is 5.74. The van der Waals surface area contributed by atoms with E-state index in [4.69, 9.17) is 14.2 Å². The summed E-state index contributed by atoms with van der Waals surface area (Å²) < 4.78 is 16.8. The van der Waals surface area contributed by atoms with Crippen molar-refractivity contribution in [3.8, 4) is 17.2 Å². The Bertz CT molecular complexity index is 512. The fraction of sp³-hybridized carbons (Fsp3) is 0.684. The molecule has 1 atom stereocenters. The number of halogens is 2. The molecule has 0 amide bonds. The van der Waals surface area contributed by atoms with Crippen molar-refractivity contribution in [1.82, 2.24) is 10.2 Å². The van der Waals surface area contributed by atoms with Crippen LogP contribution < -0.4 is 19.5 Å². The highest BCUT2D eigenvalue weighted by atomic mass is 35.5. The molecule has 5 nitrogen and oxygen atoms in total. The molecule has 1 N–H and O–H groups in total. The Labute approximate surface area is 170 Å². The smallest absolute Gasteiger partial charge is 0.203 e. The SMILES string of the molecule is CCCCC[C@H](c1ccc(OC)c(OC)c1OC)N1CCNCC1.Cl.Cl. The third kappa shape index (κ3) is 6.08. The molecule has 1 aromatic carbocycles. The second-order valence-electron chi connectivity index (χ2n) is 6.22. The number of unbranched alkanes of at least 4 members (excludes halogenated alkanes) is 2. The summed E-state index contributed by atoms with van der Waals surface area (Å²) in [4.78, 5) is 2.57. The van der Waals surface area contributed by atoms with Crippen LogP contribution >= 0.6 is 24.8 Å². The Morgan fingerprint density at radius 1 is 0.962 bits per heavy atom. The van der Waals surface area contributed by atoms with Crippen LogP contribution in [0.25, 0.3) is 0 Å². The monoisotopic (exact) mass is 408 g/mol. The lowest BCUT2D eigenvalue weighted by Crippen LogP contribution is -2.45. The molecular weight excluding hydrogens is 375 g/mol. The third-order valence-corrected chi connectivity index (χ3v) is 4.77. The minimum absolute atomic E-state index is 0. The molecule has 1 fully saturated rings. The van der Waals surface area contributed by atoms with E-state index in [1.54, 1.807) is 21.3 Å². The van der Waals surface area contributed by atoms with Crippen molar-refractivity contribution in [2.75, 3.05) is 47.5 Å². The van der Waals surface area contributed by atoms with Gasteiger partial charge in [-0.05, 0) is 18.6 Å². The largest absolute Gasteiger partial charge is 0.493 e. The number of piperazine rings is 1. The number of benzene rings is 1. The van der Waals surface area contributed by atoms with E-state index in [-0.39, 0.29) is 24.8 Å². The first-order chi connectivity index (χ1) is 11.8. The first-order valence-corrected chi connectivity index (χ1v) is 9.00. The Kier molecular flexibility index (Phi) is 12.9. The number of hydrogen-bond donors (Lipinski definition) is 1. The number of nitrogens with zero attached hydrogens (tertiary/aromatic N) is 1. The van der Waals surface area contributed by atoms with Crippen LogP contribution in [0.4, 0.5) is 0 Å². The van der Waals surface area contributed by atoms with E-state index in [1.165, 1.54) is 24.8 Å². The summed E-state index contributed by atoms with van der Waals surface area (Å²) in [7, 11) is 5.04. The van der Waals surface area contributed by atoms with Gasteiger partial charge in [0.15, 0.2) is 11.5 Å². The highest BCUT2D eigenvalue weighted by Gasteiger charge is 2.27. The molecule has 0 bridgehead atoms. The van der Waals surface area contributed by atoms with Crippen LogP contribution in [0.1, 0.15) is 44.2 Å². The van der Waals surface area contributed by atoms with Crippen molar-refractivity contribution < 1.29 is 14.2 Å². The summed E-state index contributed by atoms with van der Waals surface area (Å²) in [5, 5.41) is 3.44. The first-order valence-electron chi connectivity index (χ1n) is 9.00. The Hall–Kier alpha value is -0.880. The zero-order chi connectivity index (χ0) is 17.4. The van der Waals surface area contributed by atoms with E-state index in [1.807, 2.05) is 6.07 Å². The second kappa shape index (κ2) is 13.3. The minimum atomic E-state index is 0. The Balaban J connectivity index is 0.00000312. The van der Waals surface area contributed by atoms with E-state index >= 15 is 0 Å². The fourth-order valence-electron chi connectivity index (χ4n) is 3.50. The Morgan fingerprint density at radius 2 is 1.62 bits per heavy atom. The summed E-state index contributed by atoms with van der Waals surface area (Å²) in [5.41, 5.74) is 1.20. The molecule has 1 aromatic rings. The fourth-order valence-corrected chi connectivity index (χ4v) is 3.50. The van der Waals surface area contributed by atoms with Gasteiger partial charge in [-0.3, -0.25) is 4.90 Å². The number of rotatable bonds is 9. The maximum Gasteiger partial charge on any atom is 0.203 e. The molecule has 0 aliphatic carbocycles. The van der Waals surface area contributed by atoms with E-state index in [2.05, 4.69) is 23.2 Å². The number of ether oxygens (including phenoxy) is 3. The zero-order valence-corrected chi connectivity index (χ0v) is 18.0. The van der Waals surface area contributed by atoms with E-state index < -0.39 is 0 Å².